The minimum absolute atomic E-state index is 0. The molecule has 0 spiro atoms. The molecule has 0 heterocycles. The van der Waals surface area contributed by atoms with Crippen LogP contribution in [0.1, 0.15) is 5.56 Å². The Morgan fingerprint density at radius 2 is 2.10 bits per heavy atom. The number of hydrogen-bond acceptors (Lipinski definition) is 3. The standard InChI is InChI=1S/C13H18BrFN2O2.ClH/c1-19-7-6-16-4-5-17-13(18)9-10-2-3-12(15)11(14)8-10;/h2-3,8,16H,4-7,9H2,1H3,(H,17,18);1H. The zero-order valence-corrected chi connectivity index (χ0v) is 13.7. The van der Waals surface area contributed by atoms with Crippen LogP contribution in [0.4, 0.5) is 4.39 Å². The average molecular weight is 370 g/mol. The Labute approximate surface area is 133 Å². The number of carbonyl (C=O) groups excluding carboxylic acids is 1. The SMILES string of the molecule is COCCNCCNC(=O)Cc1ccc(F)c(Br)c1.Cl. The van der Waals surface area contributed by atoms with Gasteiger partial charge in [0.2, 0.25) is 5.91 Å². The largest absolute Gasteiger partial charge is 0.383 e. The molecule has 114 valence electrons. The highest BCUT2D eigenvalue weighted by Crippen LogP contribution is 2.16. The second-order valence-corrected chi connectivity index (χ2v) is 4.87. The van der Waals surface area contributed by atoms with E-state index in [4.69, 9.17) is 4.74 Å². The number of nitrogens with one attached hydrogen (secondary N) is 2. The number of rotatable bonds is 8. The molecule has 20 heavy (non-hydrogen) atoms. The highest BCUT2D eigenvalue weighted by atomic mass is 79.9. The predicted octanol–water partition coefficient (Wildman–Crippen LogP) is 1.90. The summed E-state index contributed by atoms with van der Waals surface area (Å²) in [4.78, 5) is 11.6. The van der Waals surface area contributed by atoms with E-state index in [9.17, 15) is 9.18 Å². The molecule has 0 saturated heterocycles. The van der Waals surface area contributed by atoms with Crippen LogP contribution in [-0.4, -0.2) is 39.3 Å². The van der Waals surface area contributed by atoms with Crippen LogP contribution in [0.25, 0.3) is 0 Å². The van der Waals surface area contributed by atoms with Crippen molar-refractivity contribution in [2.75, 3.05) is 33.4 Å². The van der Waals surface area contributed by atoms with Gasteiger partial charge in [-0.05, 0) is 33.6 Å². The lowest BCUT2D eigenvalue weighted by Gasteiger charge is -2.07. The summed E-state index contributed by atoms with van der Waals surface area (Å²) < 4.78 is 18.3. The average Bonchev–Trinajstić information content (AvgIpc) is 2.38. The smallest absolute Gasteiger partial charge is 0.224 e. The van der Waals surface area contributed by atoms with Crippen molar-refractivity contribution in [1.29, 1.82) is 0 Å². The molecule has 0 aliphatic heterocycles. The quantitative estimate of drug-likeness (QED) is 0.688. The molecule has 1 amide bonds. The summed E-state index contributed by atoms with van der Waals surface area (Å²) in [6.45, 7) is 2.67. The molecule has 0 unspecified atom stereocenters. The van der Waals surface area contributed by atoms with Gasteiger partial charge in [-0.15, -0.1) is 12.4 Å². The van der Waals surface area contributed by atoms with Gasteiger partial charge in [0.25, 0.3) is 0 Å². The fourth-order valence-electron chi connectivity index (χ4n) is 1.49. The summed E-state index contributed by atoms with van der Waals surface area (Å²) in [5.41, 5.74) is 0.776. The van der Waals surface area contributed by atoms with Crippen LogP contribution in [0.3, 0.4) is 0 Å². The van der Waals surface area contributed by atoms with Gasteiger partial charge in [0.05, 0.1) is 17.5 Å². The van der Waals surface area contributed by atoms with Crippen molar-refractivity contribution < 1.29 is 13.9 Å². The maximum absolute atomic E-state index is 13.0. The van der Waals surface area contributed by atoms with E-state index in [1.54, 1.807) is 19.2 Å². The van der Waals surface area contributed by atoms with Gasteiger partial charge >= 0.3 is 0 Å². The minimum atomic E-state index is -0.327. The monoisotopic (exact) mass is 368 g/mol. The number of halogens is 3. The summed E-state index contributed by atoms with van der Waals surface area (Å²) in [7, 11) is 1.64. The Hall–Kier alpha value is -0.690. The second kappa shape index (κ2) is 11.0. The molecule has 4 nitrogen and oxygen atoms in total. The van der Waals surface area contributed by atoms with Crippen molar-refractivity contribution in [3.8, 4) is 0 Å². The lowest BCUT2D eigenvalue weighted by molar-refractivity contribution is -0.120. The van der Waals surface area contributed by atoms with Crippen LogP contribution in [0.5, 0.6) is 0 Å². The van der Waals surface area contributed by atoms with Gasteiger partial charge in [-0.1, -0.05) is 6.07 Å². The Bertz CT molecular complexity index is 421. The second-order valence-electron chi connectivity index (χ2n) is 4.02. The molecule has 7 heteroatoms. The first-order chi connectivity index (χ1) is 9.13. The molecule has 1 aromatic carbocycles. The van der Waals surface area contributed by atoms with Crippen LogP contribution in [0.15, 0.2) is 22.7 Å². The molecule has 0 saturated carbocycles. The van der Waals surface area contributed by atoms with Crippen LogP contribution in [0, 0.1) is 5.82 Å². The molecule has 0 radical (unpaired) electrons. The Morgan fingerprint density at radius 3 is 2.75 bits per heavy atom. The van der Waals surface area contributed by atoms with Gasteiger partial charge < -0.3 is 15.4 Å². The summed E-state index contributed by atoms with van der Waals surface area (Å²) in [5.74, 6) is -0.404. The molecule has 0 aromatic heterocycles. The molecule has 2 N–H and O–H groups in total. The van der Waals surface area contributed by atoms with Crippen molar-refractivity contribution in [1.82, 2.24) is 10.6 Å². The molecule has 0 atom stereocenters. The van der Waals surface area contributed by atoms with E-state index in [0.29, 0.717) is 24.2 Å². The summed E-state index contributed by atoms with van der Waals surface area (Å²) in [6.07, 6.45) is 0.247. The molecule has 0 aliphatic rings. The number of hydrogen-bond donors (Lipinski definition) is 2. The summed E-state index contributed by atoms with van der Waals surface area (Å²) >= 11 is 3.10. The van der Waals surface area contributed by atoms with Gasteiger partial charge in [-0.25, -0.2) is 4.39 Å². The third-order valence-corrected chi connectivity index (χ3v) is 3.06. The third kappa shape index (κ3) is 7.79. The highest BCUT2D eigenvalue weighted by Gasteiger charge is 2.05. The maximum Gasteiger partial charge on any atom is 0.224 e. The number of carbonyl (C=O) groups is 1. The first kappa shape index (κ1) is 19.3. The molecular weight excluding hydrogens is 351 g/mol. The van der Waals surface area contributed by atoms with Crippen LogP contribution < -0.4 is 10.6 Å². The van der Waals surface area contributed by atoms with E-state index < -0.39 is 0 Å². The molecule has 0 aliphatic carbocycles. The lowest BCUT2D eigenvalue weighted by Crippen LogP contribution is -2.33. The van der Waals surface area contributed by atoms with Gasteiger partial charge in [0, 0.05) is 26.7 Å². The summed E-state index contributed by atoms with van der Waals surface area (Å²) in [5, 5.41) is 5.92. The molecule has 1 aromatic rings. The molecule has 1 rings (SSSR count). The highest BCUT2D eigenvalue weighted by molar-refractivity contribution is 9.10. The summed E-state index contributed by atoms with van der Waals surface area (Å²) in [6, 6.07) is 4.57. The number of benzene rings is 1. The minimum Gasteiger partial charge on any atom is -0.383 e. The Morgan fingerprint density at radius 1 is 1.35 bits per heavy atom. The zero-order chi connectivity index (χ0) is 14.1. The maximum atomic E-state index is 13.0. The Kier molecular flexibility index (Phi) is 10.6. The zero-order valence-electron chi connectivity index (χ0n) is 11.2. The van der Waals surface area contributed by atoms with Gasteiger partial charge in [-0.2, -0.15) is 0 Å². The van der Waals surface area contributed by atoms with E-state index in [1.807, 2.05) is 0 Å². The van der Waals surface area contributed by atoms with E-state index in [-0.39, 0.29) is 30.6 Å². The fourth-order valence-corrected chi connectivity index (χ4v) is 1.91. The topological polar surface area (TPSA) is 50.4 Å². The van der Waals surface area contributed by atoms with Crippen LogP contribution >= 0.6 is 28.3 Å². The van der Waals surface area contributed by atoms with Crippen molar-refractivity contribution in [2.45, 2.75) is 6.42 Å². The fraction of sp³-hybridized carbons (Fsp3) is 0.462. The van der Waals surface area contributed by atoms with Gasteiger partial charge in [0.1, 0.15) is 5.82 Å². The van der Waals surface area contributed by atoms with E-state index in [0.717, 1.165) is 12.1 Å². The normalized spacial score (nSPS) is 9.95. The van der Waals surface area contributed by atoms with Crippen molar-refractivity contribution in [3.05, 3.63) is 34.1 Å². The Balaban J connectivity index is 0.00000361. The predicted molar refractivity (Wildman–Crippen MR) is 82.8 cm³/mol. The van der Waals surface area contributed by atoms with Crippen LogP contribution in [0.2, 0.25) is 0 Å². The number of amides is 1. The molecule has 0 bridgehead atoms. The third-order valence-electron chi connectivity index (χ3n) is 2.46. The first-order valence-corrected chi connectivity index (χ1v) is 6.83. The van der Waals surface area contributed by atoms with E-state index in [1.165, 1.54) is 6.07 Å². The molecular formula is C13H19BrClFN2O2. The van der Waals surface area contributed by atoms with Crippen LogP contribution in [-0.2, 0) is 16.0 Å². The number of ether oxygens (including phenoxy) is 1. The van der Waals surface area contributed by atoms with E-state index >= 15 is 0 Å². The van der Waals surface area contributed by atoms with Crippen molar-refractivity contribution >= 4 is 34.2 Å². The first-order valence-electron chi connectivity index (χ1n) is 6.03. The molecule has 0 fully saturated rings. The van der Waals surface area contributed by atoms with Gasteiger partial charge in [0.15, 0.2) is 0 Å². The number of methoxy groups -OCH3 is 1. The van der Waals surface area contributed by atoms with Crippen molar-refractivity contribution in [2.24, 2.45) is 0 Å². The van der Waals surface area contributed by atoms with Gasteiger partial charge in [-0.3, -0.25) is 4.79 Å². The van der Waals surface area contributed by atoms with Crippen molar-refractivity contribution in [3.63, 3.8) is 0 Å². The van der Waals surface area contributed by atoms with E-state index in [2.05, 4.69) is 26.6 Å². The lowest BCUT2D eigenvalue weighted by atomic mass is 10.1.